The van der Waals surface area contributed by atoms with Crippen molar-refractivity contribution < 1.29 is 35.0 Å². The Hall–Kier alpha value is -2.25. The largest absolute Gasteiger partial charge is 0.539 e. The highest BCUT2D eigenvalue weighted by molar-refractivity contribution is 6.26. The van der Waals surface area contributed by atoms with Gasteiger partial charge in [-0.05, 0) is 25.3 Å². The minimum absolute atomic E-state index is 0.0187. The molecule has 2 unspecified atom stereocenters. The Labute approximate surface area is 146 Å². The highest BCUT2D eigenvalue weighted by Gasteiger charge is 2.44. The molecule has 2 rings (SSSR count). The normalized spacial score (nSPS) is 16.8. The number of benzene rings is 1. The Morgan fingerprint density at radius 1 is 1.24 bits per heavy atom. The predicted molar refractivity (Wildman–Crippen MR) is 87.3 cm³/mol. The molecule has 1 aromatic carbocycles. The van der Waals surface area contributed by atoms with Crippen molar-refractivity contribution in [1.82, 2.24) is 0 Å². The van der Waals surface area contributed by atoms with Crippen LogP contribution in [-0.4, -0.2) is 40.5 Å². The van der Waals surface area contributed by atoms with Crippen molar-refractivity contribution in [3.05, 3.63) is 35.9 Å². The fourth-order valence-corrected chi connectivity index (χ4v) is 2.33. The van der Waals surface area contributed by atoms with Gasteiger partial charge in [0, 0.05) is 5.41 Å². The Bertz CT molecular complexity index is 585. The molecule has 7 heteroatoms. The zero-order valence-corrected chi connectivity index (χ0v) is 14.5. The molecule has 0 aliphatic heterocycles. The molecule has 1 aliphatic rings. The first-order chi connectivity index (χ1) is 11.7. The van der Waals surface area contributed by atoms with Crippen molar-refractivity contribution >= 4 is 17.7 Å². The van der Waals surface area contributed by atoms with Crippen LogP contribution in [0.15, 0.2) is 30.3 Å². The lowest BCUT2D eigenvalue weighted by molar-refractivity contribution is -0.693. The van der Waals surface area contributed by atoms with Crippen LogP contribution in [0.1, 0.15) is 44.8 Å². The van der Waals surface area contributed by atoms with Gasteiger partial charge >= 0.3 is 5.97 Å². The Morgan fingerprint density at radius 3 is 2.20 bits per heavy atom. The van der Waals surface area contributed by atoms with E-state index in [0.717, 1.165) is 24.9 Å². The number of carboxylic acid groups (broad SMARTS) is 2. The molecule has 0 saturated heterocycles. The van der Waals surface area contributed by atoms with E-state index in [2.05, 4.69) is 12.2 Å². The Morgan fingerprint density at radius 2 is 1.76 bits per heavy atom. The van der Waals surface area contributed by atoms with Gasteiger partial charge in [0.15, 0.2) is 5.97 Å². The van der Waals surface area contributed by atoms with Gasteiger partial charge in [-0.1, -0.05) is 37.3 Å². The van der Waals surface area contributed by atoms with Crippen LogP contribution in [-0.2, 0) is 14.4 Å². The summed E-state index contributed by atoms with van der Waals surface area (Å²) < 4.78 is 0. The maximum absolute atomic E-state index is 11.9. The average Bonchev–Trinajstić information content (AvgIpc) is 3.34. The molecule has 7 nitrogen and oxygen atoms in total. The molecule has 25 heavy (non-hydrogen) atoms. The molecule has 1 fully saturated rings. The molecule has 0 radical (unpaired) electrons. The second kappa shape index (κ2) is 9.29. The number of carbonyl (C=O) groups is 3. The van der Waals surface area contributed by atoms with Gasteiger partial charge in [-0.25, -0.2) is 4.79 Å². The number of aliphatic carboxylic acids is 2. The van der Waals surface area contributed by atoms with Crippen LogP contribution in [0.5, 0.6) is 0 Å². The molecule has 1 aromatic rings. The van der Waals surface area contributed by atoms with Gasteiger partial charge in [0.1, 0.15) is 17.9 Å². The van der Waals surface area contributed by atoms with E-state index in [4.69, 9.17) is 19.8 Å². The molecule has 2 atom stereocenters. The average molecular weight is 351 g/mol. The first kappa shape index (κ1) is 20.8. The fraction of sp³-hybridized carbons (Fsp3) is 0.500. The van der Waals surface area contributed by atoms with Crippen molar-refractivity contribution in [2.24, 2.45) is 5.41 Å². The second-order valence-electron chi connectivity index (χ2n) is 6.57. The van der Waals surface area contributed by atoms with E-state index in [1.165, 1.54) is 0 Å². The summed E-state index contributed by atoms with van der Waals surface area (Å²) in [5.74, 6) is -3.63. The zero-order chi connectivity index (χ0) is 19.0. The molecular formula is C18H25NO6. The number of hydrogen-bond donors (Lipinski definition) is 3. The van der Waals surface area contributed by atoms with Gasteiger partial charge < -0.3 is 25.4 Å². The SMILES string of the molecule is CC([NH2+]CCC(=O)C1(C)CC1)C(O)c1ccccc1.O=C([O-])C(=O)O. The molecule has 1 aliphatic carbocycles. The molecule has 0 aromatic heterocycles. The van der Waals surface area contributed by atoms with Crippen molar-refractivity contribution in [2.75, 3.05) is 6.54 Å². The summed E-state index contributed by atoms with van der Waals surface area (Å²) in [4.78, 5) is 29.9. The van der Waals surface area contributed by atoms with E-state index in [-0.39, 0.29) is 11.5 Å². The van der Waals surface area contributed by atoms with E-state index in [0.29, 0.717) is 12.2 Å². The summed E-state index contributed by atoms with van der Waals surface area (Å²) >= 11 is 0. The topological polar surface area (TPSA) is 131 Å². The Balaban J connectivity index is 0.000000450. The van der Waals surface area contributed by atoms with Gasteiger partial charge in [-0.3, -0.25) is 4.79 Å². The molecule has 1 saturated carbocycles. The minimum Gasteiger partial charge on any atom is -0.539 e. The van der Waals surface area contributed by atoms with Gasteiger partial charge in [0.2, 0.25) is 0 Å². The van der Waals surface area contributed by atoms with Gasteiger partial charge in [0.05, 0.1) is 13.0 Å². The number of nitrogens with two attached hydrogens (primary N) is 1. The van der Waals surface area contributed by atoms with E-state index >= 15 is 0 Å². The van der Waals surface area contributed by atoms with Gasteiger partial charge in [-0.2, -0.15) is 0 Å². The van der Waals surface area contributed by atoms with Crippen LogP contribution in [0.4, 0.5) is 0 Å². The van der Waals surface area contributed by atoms with E-state index < -0.39 is 18.0 Å². The smallest absolute Gasteiger partial charge is 0.351 e. The maximum Gasteiger partial charge on any atom is 0.351 e. The third-order valence-corrected chi connectivity index (χ3v) is 4.40. The van der Waals surface area contributed by atoms with Crippen molar-refractivity contribution in [3.8, 4) is 0 Å². The summed E-state index contributed by atoms with van der Waals surface area (Å²) in [6, 6.07) is 9.75. The first-order valence-corrected chi connectivity index (χ1v) is 8.21. The van der Waals surface area contributed by atoms with Gasteiger partial charge in [-0.15, -0.1) is 0 Å². The summed E-state index contributed by atoms with van der Waals surface area (Å²) in [7, 11) is 0. The number of hydrogen-bond acceptors (Lipinski definition) is 5. The molecule has 0 bridgehead atoms. The molecule has 138 valence electrons. The van der Waals surface area contributed by atoms with E-state index in [1.807, 2.05) is 37.3 Å². The highest BCUT2D eigenvalue weighted by atomic mass is 16.4. The maximum atomic E-state index is 11.9. The number of Topliss-reactive ketones (excluding diaryl/α,β-unsaturated/α-hetero) is 1. The molecule has 0 amide bonds. The fourth-order valence-electron chi connectivity index (χ4n) is 2.33. The van der Waals surface area contributed by atoms with Crippen LogP contribution in [0.3, 0.4) is 0 Å². The van der Waals surface area contributed by atoms with Crippen LogP contribution in [0, 0.1) is 5.41 Å². The first-order valence-electron chi connectivity index (χ1n) is 8.21. The number of quaternary nitrogens is 1. The standard InChI is InChI=1S/C16H23NO2.C2H2O4/c1-12(15(19)13-6-4-3-5-7-13)17-11-8-14(18)16(2)9-10-16;3-1(4)2(5)6/h3-7,12,15,17,19H,8-11H2,1-2H3;(H,3,4)(H,5,6). The molecule has 0 heterocycles. The molecule has 0 spiro atoms. The summed E-state index contributed by atoms with van der Waals surface area (Å²) in [5.41, 5.74) is 0.918. The highest BCUT2D eigenvalue weighted by Crippen LogP contribution is 2.46. The predicted octanol–water partition coefficient (Wildman–Crippen LogP) is -0.748. The van der Waals surface area contributed by atoms with Crippen LogP contribution < -0.4 is 10.4 Å². The lowest BCUT2D eigenvalue weighted by atomic mass is 10.0. The third kappa shape index (κ3) is 7.03. The van der Waals surface area contributed by atoms with Crippen molar-refractivity contribution in [2.45, 2.75) is 45.3 Å². The van der Waals surface area contributed by atoms with Crippen molar-refractivity contribution in [3.63, 3.8) is 0 Å². The number of carboxylic acids is 2. The quantitative estimate of drug-likeness (QED) is 0.554. The number of aliphatic hydroxyl groups is 1. The molecule has 4 N–H and O–H groups in total. The van der Waals surface area contributed by atoms with E-state index in [1.54, 1.807) is 0 Å². The second-order valence-corrected chi connectivity index (χ2v) is 6.57. The monoisotopic (exact) mass is 351 g/mol. The number of rotatable bonds is 7. The number of ketones is 1. The zero-order valence-electron chi connectivity index (χ0n) is 14.5. The third-order valence-electron chi connectivity index (χ3n) is 4.40. The number of aliphatic hydroxyl groups excluding tert-OH is 1. The van der Waals surface area contributed by atoms with Crippen molar-refractivity contribution in [1.29, 1.82) is 0 Å². The van der Waals surface area contributed by atoms with E-state index in [9.17, 15) is 9.90 Å². The lowest BCUT2D eigenvalue weighted by Gasteiger charge is -2.18. The minimum atomic E-state index is -2.07. The van der Waals surface area contributed by atoms with Gasteiger partial charge in [0.25, 0.3) is 0 Å². The Kier molecular flexibility index (Phi) is 7.73. The van der Waals surface area contributed by atoms with Crippen LogP contribution in [0.25, 0.3) is 0 Å². The molecular weight excluding hydrogens is 326 g/mol. The lowest BCUT2D eigenvalue weighted by Crippen LogP contribution is -2.90. The summed E-state index contributed by atoms with van der Waals surface area (Å²) in [6.45, 7) is 4.82. The summed E-state index contributed by atoms with van der Waals surface area (Å²) in [5, 5.41) is 28.6. The number of carbonyl (C=O) groups excluding carboxylic acids is 2. The summed E-state index contributed by atoms with van der Waals surface area (Å²) in [6.07, 6.45) is 2.23. The van der Waals surface area contributed by atoms with Crippen LogP contribution >= 0.6 is 0 Å². The van der Waals surface area contributed by atoms with Crippen LogP contribution in [0.2, 0.25) is 0 Å².